The van der Waals surface area contributed by atoms with Crippen LogP contribution >= 0.6 is 15.9 Å². The molecule has 0 bridgehead atoms. The molecule has 9 heteroatoms. The molecule has 1 N–H and O–H groups in total. The number of carbonyl (C=O) groups excluding carboxylic acids is 1. The zero-order valence-corrected chi connectivity index (χ0v) is 18.0. The number of benzene rings is 2. The minimum absolute atomic E-state index is 0.110. The Kier molecular flexibility index (Phi) is 4.82. The maximum absolute atomic E-state index is 13.3. The highest BCUT2D eigenvalue weighted by Gasteiger charge is 2.33. The van der Waals surface area contributed by atoms with Crippen molar-refractivity contribution in [3.63, 3.8) is 0 Å². The van der Waals surface area contributed by atoms with E-state index in [2.05, 4.69) is 41.5 Å². The van der Waals surface area contributed by atoms with Crippen molar-refractivity contribution in [2.75, 3.05) is 5.32 Å². The molecule has 1 aliphatic heterocycles. The van der Waals surface area contributed by atoms with Crippen LogP contribution in [0.15, 0.2) is 59.2 Å². The van der Waals surface area contributed by atoms with E-state index in [1.165, 1.54) is 23.0 Å². The highest BCUT2D eigenvalue weighted by atomic mass is 79.9. The molecule has 0 fully saturated rings. The van der Waals surface area contributed by atoms with E-state index >= 15 is 0 Å². The fourth-order valence-corrected chi connectivity index (χ4v) is 4.26. The fourth-order valence-electron chi connectivity index (χ4n) is 3.84. The Morgan fingerprint density at radius 1 is 1.19 bits per heavy atom. The number of aromatic nitrogens is 5. The third-order valence-electron chi connectivity index (χ3n) is 5.23. The van der Waals surface area contributed by atoms with Crippen LogP contribution < -0.4 is 5.32 Å². The molecule has 1 amide bonds. The van der Waals surface area contributed by atoms with Crippen LogP contribution in [0.5, 0.6) is 0 Å². The lowest BCUT2D eigenvalue weighted by Crippen LogP contribution is -2.25. The van der Waals surface area contributed by atoms with Gasteiger partial charge in [-0.25, -0.2) is 9.37 Å². The predicted molar refractivity (Wildman–Crippen MR) is 116 cm³/mol. The van der Waals surface area contributed by atoms with E-state index in [9.17, 15) is 9.18 Å². The van der Waals surface area contributed by atoms with E-state index in [4.69, 9.17) is 0 Å². The first-order valence-corrected chi connectivity index (χ1v) is 10.4. The summed E-state index contributed by atoms with van der Waals surface area (Å²) in [6, 6.07) is 13.9. The standard InChI is InChI=1S/C22H16BrFN6O/c1-12-20-17(14-3-2-4-15(23)9-14)10-19(31)27-21(20)30(29-12)22-26-18(11-25-28-22)13-5-7-16(24)8-6-13/h2-9,11,17H,10H2,1H3,(H,27,31). The summed E-state index contributed by atoms with van der Waals surface area (Å²) in [5.41, 5.74) is 3.94. The highest BCUT2D eigenvalue weighted by molar-refractivity contribution is 9.10. The predicted octanol–water partition coefficient (Wildman–Crippen LogP) is 4.41. The average molecular weight is 479 g/mol. The van der Waals surface area contributed by atoms with Crippen LogP contribution in [0.2, 0.25) is 0 Å². The van der Waals surface area contributed by atoms with Gasteiger partial charge in [-0.1, -0.05) is 28.1 Å². The lowest BCUT2D eigenvalue weighted by molar-refractivity contribution is -0.116. The van der Waals surface area contributed by atoms with Gasteiger partial charge in [0.2, 0.25) is 5.91 Å². The number of anilines is 1. The van der Waals surface area contributed by atoms with Gasteiger partial charge in [0, 0.05) is 27.9 Å². The SMILES string of the molecule is Cc1nn(-c2nncc(-c3ccc(F)cc3)n2)c2c1C(c1cccc(Br)c1)CC(=O)N2. The fraction of sp³-hybridized carbons (Fsp3) is 0.136. The van der Waals surface area contributed by atoms with Crippen LogP contribution in [0.3, 0.4) is 0 Å². The lowest BCUT2D eigenvalue weighted by Gasteiger charge is -2.24. The summed E-state index contributed by atoms with van der Waals surface area (Å²) in [7, 11) is 0. The van der Waals surface area contributed by atoms with Gasteiger partial charge < -0.3 is 5.32 Å². The number of hydrogen-bond donors (Lipinski definition) is 1. The van der Waals surface area contributed by atoms with Gasteiger partial charge >= 0.3 is 0 Å². The Morgan fingerprint density at radius 2 is 2.00 bits per heavy atom. The van der Waals surface area contributed by atoms with Crippen LogP contribution in [0.25, 0.3) is 17.2 Å². The molecule has 2 aromatic carbocycles. The molecule has 0 spiro atoms. The Morgan fingerprint density at radius 3 is 2.77 bits per heavy atom. The quantitative estimate of drug-likeness (QED) is 0.471. The van der Waals surface area contributed by atoms with Crippen LogP contribution in [-0.2, 0) is 4.79 Å². The summed E-state index contributed by atoms with van der Waals surface area (Å²) in [5, 5.41) is 15.7. The minimum atomic E-state index is -0.330. The second-order valence-electron chi connectivity index (χ2n) is 7.27. The summed E-state index contributed by atoms with van der Waals surface area (Å²) < 4.78 is 15.7. The van der Waals surface area contributed by atoms with Crippen LogP contribution in [0.1, 0.15) is 29.2 Å². The molecule has 0 saturated heterocycles. The molecule has 2 aromatic heterocycles. The number of rotatable bonds is 3. The Bertz CT molecular complexity index is 1300. The molecular weight excluding hydrogens is 463 g/mol. The number of carbonyl (C=O) groups is 1. The molecule has 1 atom stereocenters. The first kappa shape index (κ1) is 19.5. The topological polar surface area (TPSA) is 85.6 Å². The first-order valence-electron chi connectivity index (χ1n) is 9.60. The van der Waals surface area contributed by atoms with Crippen molar-refractivity contribution in [3.8, 4) is 17.2 Å². The Labute approximate surface area is 185 Å². The summed E-state index contributed by atoms with van der Waals surface area (Å²) in [6.45, 7) is 1.90. The van der Waals surface area contributed by atoms with Crippen LogP contribution in [0.4, 0.5) is 10.2 Å². The molecule has 1 aliphatic rings. The van der Waals surface area contributed by atoms with E-state index in [0.29, 0.717) is 23.5 Å². The third kappa shape index (κ3) is 3.61. The van der Waals surface area contributed by atoms with Gasteiger partial charge in [-0.05, 0) is 48.9 Å². The molecule has 7 nitrogen and oxygen atoms in total. The summed E-state index contributed by atoms with van der Waals surface area (Å²) in [4.78, 5) is 17.1. The number of halogens is 2. The van der Waals surface area contributed by atoms with Gasteiger partial charge in [0.15, 0.2) is 0 Å². The minimum Gasteiger partial charge on any atom is -0.310 e. The zero-order chi connectivity index (χ0) is 21.5. The van der Waals surface area contributed by atoms with Crippen LogP contribution in [-0.4, -0.2) is 30.9 Å². The van der Waals surface area contributed by atoms with E-state index in [-0.39, 0.29) is 23.6 Å². The summed E-state index contributed by atoms with van der Waals surface area (Å²) >= 11 is 3.51. The summed E-state index contributed by atoms with van der Waals surface area (Å²) in [6.07, 6.45) is 1.83. The molecule has 31 heavy (non-hydrogen) atoms. The van der Waals surface area contributed by atoms with Gasteiger partial charge in [0.05, 0.1) is 17.6 Å². The number of nitrogens with zero attached hydrogens (tertiary/aromatic N) is 5. The number of nitrogens with one attached hydrogen (secondary N) is 1. The van der Waals surface area contributed by atoms with E-state index in [1.807, 2.05) is 31.2 Å². The number of hydrogen-bond acceptors (Lipinski definition) is 5. The van der Waals surface area contributed by atoms with E-state index in [1.54, 1.807) is 12.1 Å². The molecule has 0 saturated carbocycles. The second kappa shape index (κ2) is 7.66. The molecule has 154 valence electrons. The molecule has 5 rings (SSSR count). The van der Waals surface area contributed by atoms with Crippen molar-refractivity contribution in [1.29, 1.82) is 0 Å². The average Bonchev–Trinajstić information content (AvgIpc) is 3.10. The van der Waals surface area contributed by atoms with Crippen LogP contribution in [0, 0.1) is 12.7 Å². The van der Waals surface area contributed by atoms with Crippen molar-refractivity contribution < 1.29 is 9.18 Å². The smallest absolute Gasteiger partial charge is 0.272 e. The highest BCUT2D eigenvalue weighted by Crippen LogP contribution is 2.40. The Hall–Kier alpha value is -3.46. The molecule has 0 radical (unpaired) electrons. The van der Waals surface area contributed by atoms with Crippen molar-refractivity contribution in [2.24, 2.45) is 0 Å². The van der Waals surface area contributed by atoms with Crippen molar-refractivity contribution in [2.45, 2.75) is 19.3 Å². The molecular formula is C22H16BrFN6O. The second-order valence-corrected chi connectivity index (χ2v) is 8.18. The third-order valence-corrected chi connectivity index (χ3v) is 5.72. The van der Waals surface area contributed by atoms with E-state index < -0.39 is 0 Å². The van der Waals surface area contributed by atoms with Gasteiger partial charge in [-0.2, -0.15) is 14.9 Å². The number of fused-ring (bicyclic) bond motifs is 1. The normalized spacial score (nSPS) is 15.5. The van der Waals surface area contributed by atoms with Gasteiger partial charge in [-0.15, -0.1) is 5.10 Å². The molecule has 0 aliphatic carbocycles. The van der Waals surface area contributed by atoms with Crippen molar-refractivity contribution >= 4 is 27.7 Å². The van der Waals surface area contributed by atoms with Gasteiger partial charge in [-0.3, -0.25) is 4.79 Å². The zero-order valence-electron chi connectivity index (χ0n) is 16.4. The molecule has 4 aromatic rings. The lowest BCUT2D eigenvalue weighted by atomic mass is 9.86. The van der Waals surface area contributed by atoms with Crippen molar-refractivity contribution in [1.82, 2.24) is 25.0 Å². The largest absolute Gasteiger partial charge is 0.310 e. The maximum Gasteiger partial charge on any atom is 0.272 e. The first-order chi connectivity index (χ1) is 15.0. The van der Waals surface area contributed by atoms with E-state index in [0.717, 1.165) is 21.3 Å². The summed E-state index contributed by atoms with van der Waals surface area (Å²) in [5.74, 6) is 0.187. The monoisotopic (exact) mass is 478 g/mol. The number of amides is 1. The van der Waals surface area contributed by atoms with Crippen molar-refractivity contribution in [3.05, 3.63) is 81.8 Å². The molecule has 3 heterocycles. The number of aryl methyl sites for hydroxylation is 1. The van der Waals surface area contributed by atoms with Gasteiger partial charge in [0.1, 0.15) is 11.6 Å². The maximum atomic E-state index is 13.3. The Balaban J connectivity index is 1.61. The molecule has 1 unspecified atom stereocenters. The van der Waals surface area contributed by atoms with Gasteiger partial charge in [0.25, 0.3) is 5.95 Å².